The summed E-state index contributed by atoms with van der Waals surface area (Å²) in [6.07, 6.45) is -7.99. The van der Waals surface area contributed by atoms with Gasteiger partial charge in [-0.3, -0.25) is 4.57 Å². The Morgan fingerprint density at radius 1 is 1.03 bits per heavy atom. The van der Waals surface area contributed by atoms with Crippen molar-refractivity contribution < 1.29 is 44.7 Å². The van der Waals surface area contributed by atoms with Gasteiger partial charge in [-0.05, 0) is 39.8 Å². The summed E-state index contributed by atoms with van der Waals surface area (Å²) in [4.78, 5) is 11.8. The summed E-state index contributed by atoms with van der Waals surface area (Å²) in [6, 6.07) is 5.95. The molecule has 0 aromatic heterocycles. The summed E-state index contributed by atoms with van der Waals surface area (Å²) < 4.78 is 97.0. The Bertz CT molecular complexity index is 845. The predicted octanol–water partition coefficient (Wildman–Crippen LogP) is 3.44. The molecule has 1 atom stereocenters. The van der Waals surface area contributed by atoms with Crippen LogP contribution >= 0.6 is 7.60 Å². The maximum absolute atomic E-state index is 14.3. The Kier molecular flexibility index (Phi) is 8.05. The highest BCUT2D eigenvalue weighted by atomic mass is 32.2. The van der Waals surface area contributed by atoms with E-state index in [1.165, 1.54) is 50.6 Å². The third-order valence-corrected chi connectivity index (χ3v) is 7.72. The molecule has 0 heterocycles. The third kappa shape index (κ3) is 5.37. The molecule has 13 heteroatoms. The Labute approximate surface area is 167 Å². The van der Waals surface area contributed by atoms with E-state index in [4.69, 9.17) is 9.05 Å². The number of hydrogen-bond acceptors (Lipinski definition) is 7. The molecule has 0 fully saturated rings. The Hall–Kier alpha value is -1.46. The minimum atomic E-state index is -5.75. The van der Waals surface area contributed by atoms with E-state index in [2.05, 4.69) is 4.74 Å². The van der Waals surface area contributed by atoms with Gasteiger partial charge in [0.1, 0.15) is 0 Å². The largest absolute Gasteiger partial charge is 0.467 e. The molecule has 0 saturated carbocycles. The van der Waals surface area contributed by atoms with Crippen molar-refractivity contribution >= 4 is 23.6 Å². The van der Waals surface area contributed by atoms with Gasteiger partial charge in [-0.25, -0.2) is 13.2 Å². The lowest BCUT2D eigenvalue weighted by Crippen LogP contribution is -2.64. The molecule has 8 nitrogen and oxygen atoms in total. The second kappa shape index (κ2) is 9.13. The number of nitrogens with one attached hydrogen (secondary N) is 1. The van der Waals surface area contributed by atoms with Gasteiger partial charge in [0.2, 0.25) is 10.0 Å². The number of alkyl halides is 3. The second-order valence-corrected chi connectivity index (χ2v) is 10.2. The molecule has 0 radical (unpaired) electrons. The maximum atomic E-state index is 14.3. The number of hydrogen-bond donors (Lipinski definition) is 1. The van der Waals surface area contributed by atoms with E-state index in [-0.39, 0.29) is 0 Å². The van der Waals surface area contributed by atoms with Gasteiger partial charge < -0.3 is 13.8 Å². The maximum Gasteiger partial charge on any atom is 0.430 e. The number of carbonyl (C=O) groups is 1. The van der Waals surface area contributed by atoms with Crippen LogP contribution in [-0.4, -0.2) is 45.2 Å². The Morgan fingerprint density at radius 2 is 1.48 bits per heavy atom. The fourth-order valence-corrected chi connectivity index (χ4v) is 6.41. The molecule has 1 rings (SSSR count). The molecule has 0 amide bonds. The van der Waals surface area contributed by atoms with Crippen molar-refractivity contribution in [3.05, 3.63) is 30.3 Å². The molecule has 166 valence electrons. The molecule has 1 unspecified atom stereocenters. The van der Waals surface area contributed by atoms with E-state index in [1.807, 2.05) is 0 Å². The van der Waals surface area contributed by atoms with Gasteiger partial charge in [-0.2, -0.15) is 17.9 Å². The van der Waals surface area contributed by atoms with Crippen molar-refractivity contribution in [1.82, 2.24) is 4.72 Å². The van der Waals surface area contributed by atoms with Crippen LogP contribution in [0.4, 0.5) is 13.2 Å². The first-order valence-corrected chi connectivity index (χ1v) is 11.4. The molecule has 0 spiro atoms. The third-order valence-electron chi connectivity index (χ3n) is 3.34. The summed E-state index contributed by atoms with van der Waals surface area (Å²) in [7, 11) is -10.00. The van der Waals surface area contributed by atoms with E-state index >= 15 is 0 Å². The molecule has 1 N–H and O–H groups in total. The number of sulfonamides is 1. The summed E-state index contributed by atoms with van der Waals surface area (Å²) >= 11 is 0. The SMILES string of the molecule is COC(=O)C(NS(=O)(=O)c1ccccc1)(C(F)(F)F)P(=O)(OC(C)C)OC(C)C. The summed E-state index contributed by atoms with van der Waals surface area (Å²) in [5.41, 5.74) is 0. The van der Waals surface area contributed by atoms with Crippen molar-refractivity contribution in [3.63, 3.8) is 0 Å². The fraction of sp³-hybridized carbons (Fsp3) is 0.562. The average molecular weight is 461 g/mol. The van der Waals surface area contributed by atoms with E-state index in [0.29, 0.717) is 7.11 Å². The minimum Gasteiger partial charge on any atom is -0.467 e. The first kappa shape index (κ1) is 25.6. The molecular formula is C16H23F3NO7PS. The summed E-state index contributed by atoms with van der Waals surface area (Å²) in [6.45, 7) is 5.00. The molecular weight excluding hydrogens is 438 g/mol. The van der Waals surface area contributed by atoms with Crippen molar-refractivity contribution in [2.75, 3.05) is 7.11 Å². The number of carbonyl (C=O) groups excluding carboxylic acids is 1. The van der Waals surface area contributed by atoms with Crippen LogP contribution in [0, 0.1) is 0 Å². The smallest absolute Gasteiger partial charge is 0.430 e. The van der Waals surface area contributed by atoms with Crippen molar-refractivity contribution in [3.8, 4) is 0 Å². The zero-order chi connectivity index (χ0) is 22.7. The lowest BCUT2D eigenvalue weighted by atomic mass is 10.3. The molecule has 0 bridgehead atoms. The van der Waals surface area contributed by atoms with Crippen LogP contribution in [0.2, 0.25) is 0 Å². The molecule has 0 aliphatic heterocycles. The highest BCUT2D eigenvalue weighted by molar-refractivity contribution is 7.90. The minimum absolute atomic E-state index is 0.592. The van der Waals surface area contributed by atoms with Crippen molar-refractivity contribution in [2.24, 2.45) is 0 Å². The van der Waals surface area contributed by atoms with Gasteiger partial charge in [0.25, 0.3) is 0 Å². The van der Waals surface area contributed by atoms with Crippen LogP contribution in [-0.2, 0) is 33.2 Å². The first-order chi connectivity index (χ1) is 13.1. The average Bonchev–Trinajstić information content (AvgIpc) is 2.57. The van der Waals surface area contributed by atoms with Crippen LogP contribution in [0.25, 0.3) is 0 Å². The molecule has 0 saturated heterocycles. The number of esters is 1. The number of rotatable bonds is 9. The van der Waals surface area contributed by atoms with Gasteiger partial charge in [0.05, 0.1) is 24.2 Å². The van der Waals surface area contributed by atoms with Gasteiger partial charge in [0, 0.05) is 0 Å². The standard InChI is InChI=1S/C16H23F3NO7PS/c1-11(2)26-28(22,27-12(3)4)15(14(21)25-5,16(17,18)19)20-29(23,24)13-9-7-6-8-10-13/h6-12,20H,1-5H3. The van der Waals surface area contributed by atoms with Gasteiger partial charge in [0.15, 0.2) is 0 Å². The predicted molar refractivity (Wildman–Crippen MR) is 97.6 cm³/mol. The Balaban J connectivity index is 3.86. The number of methoxy groups -OCH3 is 1. The lowest BCUT2D eigenvalue weighted by molar-refractivity contribution is -0.193. The fourth-order valence-electron chi connectivity index (χ4n) is 2.28. The van der Waals surface area contributed by atoms with E-state index in [0.717, 1.165) is 12.1 Å². The van der Waals surface area contributed by atoms with Gasteiger partial charge >= 0.3 is 25.0 Å². The van der Waals surface area contributed by atoms with Crippen LogP contribution in [0.15, 0.2) is 35.2 Å². The monoisotopic (exact) mass is 461 g/mol. The highest BCUT2D eigenvalue weighted by Crippen LogP contribution is 2.66. The molecule has 1 aromatic rings. The topological polar surface area (TPSA) is 108 Å². The number of halogens is 3. The van der Waals surface area contributed by atoms with Crippen LogP contribution in [0.1, 0.15) is 27.7 Å². The van der Waals surface area contributed by atoms with E-state index in [9.17, 15) is 30.9 Å². The van der Waals surface area contributed by atoms with Crippen LogP contribution < -0.4 is 4.72 Å². The Morgan fingerprint density at radius 3 is 1.83 bits per heavy atom. The lowest BCUT2D eigenvalue weighted by Gasteiger charge is -2.39. The number of benzene rings is 1. The highest BCUT2D eigenvalue weighted by Gasteiger charge is 2.76. The normalized spacial score (nSPS) is 15.4. The quantitative estimate of drug-likeness (QED) is 0.443. The number of ether oxygens (including phenoxy) is 1. The van der Waals surface area contributed by atoms with E-state index < -0.39 is 52.1 Å². The van der Waals surface area contributed by atoms with Crippen molar-refractivity contribution in [1.29, 1.82) is 0 Å². The zero-order valence-corrected chi connectivity index (χ0v) is 18.1. The second-order valence-electron chi connectivity index (χ2n) is 6.42. The van der Waals surface area contributed by atoms with Crippen LogP contribution in [0.5, 0.6) is 0 Å². The van der Waals surface area contributed by atoms with E-state index in [1.54, 1.807) is 0 Å². The molecule has 0 aliphatic rings. The molecule has 1 aromatic carbocycles. The van der Waals surface area contributed by atoms with Crippen LogP contribution in [0.3, 0.4) is 0 Å². The molecule has 29 heavy (non-hydrogen) atoms. The van der Waals surface area contributed by atoms with Gasteiger partial charge in [-0.1, -0.05) is 18.2 Å². The first-order valence-electron chi connectivity index (χ1n) is 8.34. The summed E-state index contributed by atoms with van der Waals surface area (Å²) in [5.74, 6) is -2.19. The zero-order valence-electron chi connectivity index (χ0n) is 16.4. The van der Waals surface area contributed by atoms with Crippen molar-refractivity contribution in [2.45, 2.75) is 56.3 Å². The molecule has 0 aliphatic carbocycles. The van der Waals surface area contributed by atoms with Gasteiger partial charge in [-0.15, -0.1) is 0 Å². The summed E-state index contributed by atoms with van der Waals surface area (Å²) in [5, 5.41) is -4.34.